The average Bonchev–Trinajstić information content (AvgIpc) is 1.83. The molecule has 0 aliphatic heterocycles. The summed E-state index contributed by atoms with van der Waals surface area (Å²) in [5.41, 5.74) is 0.641. The largest absolute Gasteiger partial charge is 0.805 e. The van der Waals surface area contributed by atoms with E-state index in [4.69, 9.17) is 12.2 Å². The van der Waals surface area contributed by atoms with Gasteiger partial charge in [0.2, 0.25) is 0 Å². The highest BCUT2D eigenvalue weighted by molar-refractivity contribution is 7.71. The zero-order valence-corrected chi connectivity index (χ0v) is 5.81. The van der Waals surface area contributed by atoms with Gasteiger partial charge in [0, 0.05) is 5.69 Å². The first-order valence-electron chi connectivity index (χ1n) is 2.58. The summed E-state index contributed by atoms with van der Waals surface area (Å²) >= 11 is 4.69. The fourth-order valence-electron chi connectivity index (χ4n) is 0.579. The molecule has 1 heterocycles. The highest BCUT2D eigenvalue weighted by Crippen LogP contribution is 1.97. The Morgan fingerprint density at radius 1 is 1.56 bits per heavy atom. The molecule has 0 N–H and O–H groups in total. The van der Waals surface area contributed by atoms with Gasteiger partial charge >= 0.3 is 0 Å². The van der Waals surface area contributed by atoms with Crippen LogP contribution in [0.3, 0.4) is 0 Å². The molecule has 0 bridgehead atoms. The SMILES string of the molecule is Cc1cccc(=S)n1[O-]. The second-order valence-electron chi connectivity index (χ2n) is 1.80. The summed E-state index contributed by atoms with van der Waals surface area (Å²) in [4.78, 5) is 0. The van der Waals surface area contributed by atoms with Gasteiger partial charge in [-0.25, -0.2) is 0 Å². The predicted octanol–water partition coefficient (Wildman–Crippen LogP) is 1.87. The fourth-order valence-corrected chi connectivity index (χ4v) is 0.801. The molecule has 0 saturated carbocycles. The second-order valence-corrected chi connectivity index (χ2v) is 2.22. The Balaban J connectivity index is 3.43. The summed E-state index contributed by atoms with van der Waals surface area (Å²) in [6, 6.07) is 5.10. The van der Waals surface area contributed by atoms with E-state index in [2.05, 4.69) is 0 Å². The third-order valence-electron chi connectivity index (χ3n) is 1.10. The maximum absolute atomic E-state index is 10.8. The minimum Gasteiger partial charge on any atom is -0.805 e. The summed E-state index contributed by atoms with van der Waals surface area (Å²) in [6.45, 7) is 1.72. The van der Waals surface area contributed by atoms with Crippen molar-refractivity contribution in [3.63, 3.8) is 0 Å². The lowest BCUT2D eigenvalue weighted by atomic mass is 10.4. The van der Waals surface area contributed by atoms with Crippen LogP contribution in [0.2, 0.25) is 0 Å². The van der Waals surface area contributed by atoms with Crippen molar-refractivity contribution >= 4 is 12.2 Å². The Kier molecular flexibility index (Phi) is 1.53. The molecule has 0 atom stereocenters. The van der Waals surface area contributed by atoms with Crippen LogP contribution in [0.1, 0.15) is 5.69 Å². The molecule has 0 aromatic carbocycles. The molecule has 1 rings (SSSR count). The zero-order valence-electron chi connectivity index (χ0n) is 5.00. The molecule has 0 aliphatic rings. The minimum atomic E-state index is 0.329. The molecule has 0 saturated heterocycles. The molecular formula is C6H6NOS-. The Morgan fingerprint density at radius 3 is 2.67 bits per heavy atom. The first kappa shape index (κ1) is 6.29. The molecule has 48 valence electrons. The average molecular weight is 140 g/mol. The van der Waals surface area contributed by atoms with Gasteiger partial charge in [0.05, 0.1) is 0 Å². The van der Waals surface area contributed by atoms with E-state index in [1.54, 1.807) is 25.1 Å². The van der Waals surface area contributed by atoms with E-state index in [-0.39, 0.29) is 0 Å². The predicted molar refractivity (Wildman–Crippen MR) is 38.8 cm³/mol. The van der Waals surface area contributed by atoms with Crippen LogP contribution in [0, 0.1) is 16.8 Å². The van der Waals surface area contributed by atoms with E-state index < -0.39 is 0 Å². The summed E-state index contributed by atoms with van der Waals surface area (Å²) in [6.07, 6.45) is 0. The first-order valence-corrected chi connectivity index (χ1v) is 2.99. The molecule has 0 fully saturated rings. The molecule has 3 heteroatoms. The maximum atomic E-state index is 10.8. The normalized spacial score (nSPS) is 9.44. The van der Waals surface area contributed by atoms with E-state index in [0.717, 1.165) is 4.73 Å². The van der Waals surface area contributed by atoms with Gasteiger partial charge in [0.15, 0.2) is 0 Å². The topological polar surface area (TPSA) is 28.0 Å². The number of hydrogen-bond acceptors (Lipinski definition) is 2. The molecule has 0 aliphatic carbocycles. The van der Waals surface area contributed by atoms with Crippen LogP contribution in [-0.4, -0.2) is 4.73 Å². The van der Waals surface area contributed by atoms with Crippen molar-refractivity contribution in [2.75, 3.05) is 0 Å². The molecule has 2 nitrogen and oxygen atoms in total. The van der Waals surface area contributed by atoms with E-state index >= 15 is 0 Å². The van der Waals surface area contributed by atoms with Gasteiger partial charge in [0.25, 0.3) is 0 Å². The Morgan fingerprint density at radius 2 is 2.22 bits per heavy atom. The Hall–Kier alpha value is -0.830. The quantitative estimate of drug-likeness (QED) is 0.514. The second kappa shape index (κ2) is 2.19. The third kappa shape index (κ3) is 1.10. The van der Waals surface area contributed by atoms with Gasteiger partial charge < -0.3 is 9.94 Å². The summed E-state index contributed by atoms with van der Waals surface area (Å²) in [7, 11) is 0. The third-order valence-corrected chi connectivity index (χ3v) is 1.40. The number of rotatable bonds is 0. The molecular weight excluding hydrogens is 134 g/mol. The lowest BCUT2D eigenvalue weighted by molar-refractivity contribution is 0.975. The number of nitrogens with zero attached hydrogens (tertiary/aromatic N) is 1. The van der Waals surface area contributed by atoms with Gasteiger partial charge in [-0.15, -0.1) is 0 Å². The lowest BCUT2D eigenvalue weighted by Gasteiger charge is -2.12. The molecule has 1 aromatic rings. The first-order chi connectivity index (χ1) is 4.22. The van der Waals surface area contributed by atoms with Crippen LogP contribution in [0.5, 0.6) is 0 Å². The van der Waals surface area contributed by atoms with Crippen LogP contribution >= 0.6 is 12.2 Å². The van der Waals surface area contributed by atoms with E-state index in [1.165, 1.54) is 0 Å². The standard InChI is InChI=1S/C6H6NOS/c1-5-3-2-4-6(9)7(5)8/h2-4H,1H3/q-1. The van der Waals surface area contributed by atoms with Crippen molar-refractivity contribution in [2.24, 2.45) is 0 Å². The van der Waals surface area contributed by atoms with Crippen molar-refractivity contribution in [3.05, 3.63) is 33.7 Å². The van der Waals surface area contributed by atoms with E-state index in [0.29, 0.717) is 10.3 Å². The number of hydrogen-bond donors (Lipinski definition) is 0. The van der Waals surface area contributed by atoms with Gasteiger partial charge in [0.1, 0.15) is 4.64 Å². The Labute approximate surface area is 58.3 Å². The molecule has 0 amide bonds. The van der Waals surface area contributed by atoms with Crippen LogP contribution in [0.15, 0.2) is 18.2 Å². The molecule has 0 spiro atoms. The van der Waals surface area contributed by atoms with Crippen LogP contribution < -0.4 is 0 Å². The number of aryl methyl sites for hydroxylation is 1. The van der Waals surface area contributed by atoms with Crippen molar-refractivity contribution in [2.45, 2.75) is 6.92 Å². The molecule has 0 unspecified atom stereocenters. The molecule has 1 aromatic heterocycles. The summed E-state index contributed by atoms with van der Waals surface area (Å²) < 4.78 is 1.06. The summed E-state index contributed by atoms with van der Waals surface area (Å²) in [5.74, 6) is 0. The monoisotopic (exact) mass is 140 g/mol. The van der Waals surface area contributed by atoms with Crippen molar-refractivity contribution in [1.82, 2.24) is 4.73 Å². The number of pyridine rings is 1. The van der Waals surface area contributed by atoms with Crippen molar-refractivity contribution in [3.8, 4) is 0 Å². The van der Waals surface area contributed by atoms with Crippen LogP contribution in [0.4, 0.5) is 0 Å². The van der Waals surface area contributed by atoms with Gasteiger partial charge in [-0.2, -0.15) is 0 Å². The van der Waals surface area contributed by atoms with Crippen LogP contribution in [-0.2, 0) is 0 Å². The summed E-state index contributed by atoms with van der Waals surface area (Å²) in [5, 5.41) is 10.8. The van der Waals surface area contributed by atoms with Gasteiger partial charge in [-0.1, -0.05) is 18.3 Å². The smallest absolute Gasteiger partial charge is 0.101 e. The molecule has 0 radical (unpaired) electrons. The van der Waals surface area contributed by atoms with E-state index in [1.807, 2.05) is 0 Å². The highest BCUT2D eigenvalue weighted by atomic mass is 32.1. The molecule has 9 heavy (non-hydrogen) atoms. The fraction of sp³-hybridized carbons (Fsp3) is 0.167. The van der Waals surface area contributed by atoms with Crippen molar-refractivity contribution < 1.29 is 0 Å². The van der Waals surface area contributed by atoms with Crippen molar-refractivity contribution in [1.29, 1.82) is 0 Å². The lowest BCUT2D eigenvalue weighted by Crippen LogP contribution is -1.93. The van der Waals surface area contributed by atoms with Gasteiger partial charge in [-0.3, -0.25) is 0 Å². The zero-order chi connectivity index (χ0) is 6.85. The highest BCUT2D eigenvalue weighted by Gasteiger charge is 1.81. The maximum Gasteiger partial charge on any atom is 0.101 e. The number of aromatic nitrogens is 1. The van der Waals surface area contributed by atoms with Gasteiger partial charge in [-0.05, 0) is 19.1 Å². The van der Waals surface area contributed by atoms with E-state index in [9.17, 15) is 5.21 Å². The minimum absolute atomic E-state index is 0.329. The van der Waals surface area contributed by atoms with Crippen LogP contribution in [0.25, 0.3) is 0 Å². The Bertz CT molecular complexity index is 266.